The molecular formula is C12H17N3O. The van der Waals surface area contributed by atoms with E-state index in [1.165, 1.54) is 6.42 Å². The topological polar surface area (TPSA) is 67.1 Å². The van der Waals surface area contributed by atoms with Gasteiger partial charge in [-0.25, -0.2) is 4.79 Å². The van der Waals surface area contributed by atoms with Crippen molar-refractivity contribution in [1.29, 1.82) is 0 Å². The summed E-state index contributed by atoms with van der Waals surface area (Å²) in [5.74, 6) is 0. The molecule has 0 aliphatic heterocycles. The van der Waals surface area contributed by atoms with Gasteiger partial charge in [-0.15, -0.1) is 0 Å². The van der Waals surface area contributed by atoms with Crippen molar-refractivity contribution in [2.24, 2.45) is 5.73 Å². The minimum absolute atomic E-state index is 0.134. The Hall–Kier alpha value is -1.55. The number of hydrogen-bond donors (Lipinski definition) is 3. The number of hydrogen-bond acceptors (Lipinski definition) is 2. The van der Waals surface area contributed by atoms with Crippen molar-refractivity contribution in [3.8, 4) is 0 Å². The summed E-state index contributed by atoms with van der Waals surface area (Å²) >= 11 is 0. The zero-order chi connectivity index (χ0) is 11.4. The van der Waals surface area contributed by atoms with Gasteiger partial charge in [-0.1, -0.05) is 18.2 Å². The highest BCUT2D eigenvalue weighted by Gasteiger charge is 2.19. The monoisotopic (exact) mass is 219 g/mol. The third kappa shape index (κ3) is 2.52. The summed E-state index contributed by atoms with van der Waals surface area (Å²) in [4.78, 5) is 11.6. The van der Waals surface area contributed by atoms with Gasteiger partial charge in [0, 0.05) is 18.3 Å². The molecule has 0 aromatic heterocycles. The highest BCUT2D eigenvalue weighted by Crippen LogP contribution is 2.19. The third-order valence-corrected chi connectivity index (χ3v) is 2.93. The van der Waals surface area contributed by atoms with Gasteiger partial charge in [-0.3, -0.25) is 0 Å². The minimum Gasteiger partial charge on any atom is -0.335 e. The van der Waals surface area contributed by atoms with Crippen molar-refractivity contribution >= 4 is 11.7 Å². The second kappa shape index (κ2) is 4.99. The van der Waals surface area contributed by atoms with Crippen LogP contribution < -0.4 is 16.4 Å². The molecule has 1 saturated carbocycles. The molecule has 0 atom stereocenters. The lowest BCUT2D eigenvalue weighted by Gasteiger charge is -2.26. The van der Waals surface area contributed by atoms with Crippen LogP contribution in [0.2, 0.25) is 0 Å². The number of nitrogens with one attached hydrogen (secondary N) is 2. The zero-order valence-electron chi connectivity index (χ0n) is 9.20. The maximum absolute atomic E-state index is 11.6. The molecule has 1 aromatic carbocycles. The van der Waals surface area contributed by atoms with Gasteiger partial charge in [0.1, 0.15) is 0 Å². The first-order chi connectivity index (χ1) is 7.79. The van der Waals surface area contributed by atoms with Gasteiger partial charge in [-0.2, -0.15) is 0 Å². The standard InChI is InChI=1S/C12H17N3O/c13-8-9-4-1-2-7-11(9)15-12(16)14-10-5-3-6-10/h1-2,4,7,10H,3,5-6,8,13H2,(H2,14,15,16). The van der Waals surface area contributed by atoms with E-state index in [9.17, 15) is 4.79 Å². The third-order valence-electron chi connectivity index (χ3n) is 2.93. The summed E-state index contributed by atoms with van der Waals surface area (Å²) in [6.45, 7) is 0.430. The summed E-state index contributed by atoms with van der Waals surface area (Å²) in [7, 11) is 0. The number of amides is 2. The SMILES string of the molecule is NCc1ccccc1NC(=O)NC1CCC1. The highest BCUT2D eigenvalue weighted by molar-refractivity contribution is 5.90. The van der Waals surface area contributed by atoms with Crippen LogP contribution in [0.1, 0.15) is 24.8 Å². The van der Waals surface area contributed by atoms with Gasteiger partial charge in [0.25, 0.3) is 0 Å². The Morgan fingerprint density at radius 3 is 2.75 bits per heavy atom. The van der Waals surface area contributed by atoms with E-state index in [0.29, 0.717) is 12.6 Å². The van der Waals surface area contributed by atoms with Crippen LogP contribution in [-0.2, 0) is 6.54 Å². The van der Waals surface area contributed by atoms with Gasteiger partial charge >= 0.3 is 6.03 Å². The first kappa shape index (κ1) is 11.0. The largest absolute Gasteiger partial charge is 0.335 e. The van der Waals surface area contributed by atoms with Crippen LogP contribution in [0, 0.1) is 0 Å². The summed E-state index contributed by atoms with van der Waals surface area (Å²) in [6, 6.07) is 7.80. The molecule has 0 saturated heterocycles. The molecule has 0 heterocycles. The molecule has 86 valence electrons. The minimum atomic E-state index is -0.134. The number of rotatable bonds is 3. The van der Waals surface area contributed by atoms with E-state index in [0.717, 1.165) is 24.1 Å². The Balaban J connectivity index is 1.94. The fourth-order valence-corrected chi connectivity index (χ4v) is 1.72. The first-order valence-corrected chi connectivity index (χ1v) is 5.65. The molecule has 2 amide bonds. The van der Waals surface area contributed by atoms with E-state index in [-0.39, 0.29) is 6.03 Å². The van der Waals surface area contributed by atoms with Crippen LogP contribution in [0.4, 0.5) is 10.5 Å². The van der Waals surface area contributed by atoms with E-state index in [1.54, 1.807) is 0 Å². The van der Waals surface area contributed by atoms with Gasteiger partial charge in [0.05, 0.1) is 0 Å². The molecule has 2 rings (SSSR count). The average molecular weight is 219 g/mol. The van der Waals surface area contributed by atoms with Crippen molar-refractivity contribution in [2.75, 3.05) is 5.32 Å². The van der Waals surface area contributed by atoms with Crippen molar-refractivity contribution in [3.05, 3.63) is 29.8 Å². The predicted octanol–water partition coefficient (Wildman–Crippen LogP) is 1.82. The molecule has 0 bridgehead atoms. The molecule has 4 N–H and O–H groups in total. The molecule has 0 spiro atoms. The number of urea groups is 1. The molecule has 1 aliphatic rings. The predicted molar refractivity (Wildman–Crippen MR) is 64.1 cm³/mol. The Kier molecular flexibility index (Phi) is 3.41. The summed E-state index contributed by atoms with van der Waals surface area (Å²) in [5, 5.41) is 5.76. The second-order valence-corrected chi connectivity index (χ2v) is 4.09. The number of nitrogens with two attached hydrogens (primary N) is 1. The smallest absolute Gasteiger partial charge is 0.319 e. The van der Waals surface area contributed by atoms with Crippen molar-refractivity contribution in [3.63, 3.8) is 0 Å². The fraction of sp³-hybridized carbons (Fsp3) is 0.417. The Labute approximate surface area is 95.2 Å². The molecule has 1 fully saturated rings. The molecule has 0 radical (unpaired) electrons. The summed E-state index contributed by atoms with van der Waals surface area (Å²) in [5.41, 5.74) is 7.34. The molecule has 0 unspecified atom stereocenters. The zero-order valence-corrected chi connectivity index (χ0v) is 9.20. The molecule has 4 nitrogen and oxygen atoms in total. The second-order valence-electron chi connectivity index (χ2n) is 4.09. The van der Waals surface area contributed by atoms with Gasteiger partial charge in [0.2, 0.25) is 0 Å². The number of carbonyl (C=O) groups is 1. The molecule has 4 heteroatoms. The first-order valence-electron chi connectivity index (χ1n) is 5.65. The number of anilines is 1. The average Bonchev–Trinajstić information content (AvgIpc) is 2.24. The number of benzene rings is 1. The lowest BCUT2D eigenvalue weighted by Crippen LogP contribution is -2.42. The fourth-order valence-electron chi connectivity index (χ4n) is 1.72. The molecule has 1 aliphatic carbocycles. The van der Waals surface area contributed by atoms with Gasteiger partial charge in [-0.05, 0) is 30.9 Å². The number of para-hydroxylation sites is 1. The van der Waals surface area contributed by atoms with E-state index in [4.69, 9.17) is 5.73 Å². The van der Waals surface area contributed by atoms with E-state index in [2.05, 4.69) is 10.6 Å². The Morgan fingerprint density at radius 1 is 1.38 bits per heavy atom. The molecule has 16 heavy (non-hydrogen) atoms. The van der Waals surface area contributed by atoms with Crippen LogP contribution in [0.3, 0.4) is 0 Å². The van der Waals surface area contributed by atoms with Crippen LogP contribution >= 0.6 is 0 Å². The van der Waals surface area contributed by atoms with E-state index >= 15 is 0 Å². The van der Waals surface area contributed by atoms with Crippen LogP contribution in [0.25, 0.3) is 0 Å². The molecular weight excluding hydrogens is 202 g/mol. The normalized spacial score (nSPS) is 15.3. The lowest BCUT2D eigenvalue weighted by atomic mass is 9.93. The maximum atomic E-state index is 11.6. The van der Waals surface area contributed by atoms with E-state index < -0.39 is 0 Å². The quantitative estimate of drug-likeness (QED) is 0.726. The van der Waals surface area contributed by atoms with Crippen LogP contribution in [0.5, 0.6) is 0 Å². The van der Waals surface area contributed by atoms with Gasteiger partial charge in [0.15, 0.2) is 0 Å². The van der Waals surface area contributed by atoms with Crippen LogP contribution in [-0.4, -0.2) is 12.1 Å². The summed E-state index contributed by atoms with van der Waals surface area (Å²) < 4.78 is 0. The van der Waals surface area contributed by atoms with Crippen molar-refractivity contribution in [2.45, 2.75) is 31.8 Å². The summed E-state index contributed by atoms with van der Waals surface area (Å²) in [6.07, 6.45) is 3.39. The Bertz CT molecular complexity index is 374. The van der Waals surface area contributed by atoms with Crippen molar-refractivity contribution < 1.29 is 4.79 Å². The van der Waals surface area contributed by atoms with Gasteiger partial charge < -0.3 is 16.4 Å². The molecule has 1 aromatic rings. The van der Waals surface area contributed by atoms with Crippen LogP contribution in [0.15, 0.2) is 24.3 Å². The maximum Gasteiger partial charge on any atom is 0.319 e. The Morgan fingerprint density at radius 2 is 2.12 bits per heavy atom. The number of carbonyl (C=O) groups excluding carboxylic acids is 1. The highest BCUT2D eigenvalue weighted by atomic mass is 16.2. The van der Waals surface area contributed by atoms with Crippen molar-refractivity contribution in [1.82, 2.24) is 5.32 Å². The lowest BCUT2D eigenvalue weighted by molar-refractivity contribution is 0.240. The van der Waals surface area contributed by atoms with E-state index in [1.807, 2.05) is 24.3 Å².